The highest BCUT2D eigenvalue weighted by Gasteiger charge is 2.21. The summed E-state index contributed by atoms with van der Waals surface area (Å²) < 4.78 is 0. The number of nitrogens with zero attached hydrogens (tertiary/aromatic N) is 2. The quantitative estimate of drug-likeness (QED) is 0.695. The molecule has 0 aliphatic heterocycles. The summed E-state index contributed by atoms with van der Waals surface area (Å²) in [4.78, 5) is 19.0. The zero-order chi connectivity index (χ0) is 13.8. The van der Waals surface area contributed by atoms with E-state index in [0.29, 0.717) is 11.1 Å². The van der Waals surface area contributed by atoms with E-state index in [9.17, 15) is 9.90 Å². The predicted octanol–water partition coefficient (Wildman–Crippen LogP) is 3.19. The van der Waals surface area contributed by atoms with Crippen molar-refractivity contribution in [1.29, 1.82) is 0 Å². The molecule has 0 fully saturated rings. The van der Waals surface area contributed by atoms with Crippen molar-refractivity contribution >= 4 is 29.2 Å². The normalized spacial score (nSPS) is 12.1. The van der Waals surface area contributed by atoms with Crippen LogP contribution in [0.4, 0.5) is 0 Å². The molecular weight excluding hydrogens is 287 g/mol. The van der Waals surface area contributed by atoms with Gasteiger partial charge in [0.05, 0.1) is 5.92 Å². The van der Waals surface area contributed by atoms with Gasteiger partial charge in [0, 0.05) is 11.8 Å². The van der Waals surface area contributed by atoms with Crippen LogP contribution >= 0.6 is 23.2 Å². The molecule has 0 radical (unpaired) electrons. The molecule has 6 heteroatoms. The van der Waals surface area contributed by atoms with Gasteiger partial charge in [0.2, 0.25) is 5.28 Å². The third-order valence-corrected chi connectivity index (χ3v) is 3.22. The van der Waals surface area contributed by atoms with E-state index in [-0.39, 0.29) is 16.9 Å². The van der Waals surface area contributed by atoms with Gasteiger partial charge in [0.1, 0.15) is 5.15 Å². The Labute approximate surface area is 120 Å². The van der Waals surface area contributed by atoms with Crippen molar-refractivity contribution in [2.45, 2.75) is 12.3 Å². The SMILES string of the molecule is O=C(O)C(Cc1cnc(Cl)nc1Cl)c1ccccc1. The Morgan fingerprint density at radius 3 is 2.53 bits per heavy atom. The number of aromatic nitrogens is 2. The van der Waals surface area contributed by atoms with Gasteiger partial charge in [-0.2, -0.15) is 0 Å². The lowest BCUT2D eigenvalue weighted by Gasteiger charge is -2.13. The number of halogens is 2. The van der Waals surface area contributed by atoms with E-state index in [0.717, 1.165) is 0 Å². The molecule has 1 atom stereocenters. The number of aliphatic carboxylic acids is 1. The number of benzene rings is 1. The smallest absolute Gasteiger partial charge is 0.311 e. The number of rotatable bonds is 4. The highest BCUT2D eigenvalue weighted by molar-refractivity contribution is 6.32. The lowest BCUT2D eigenvalue weighted by atomic mass is 9.93. The zero-order valence-corrected chi connectivity index (χ0v) is 11.3. The summed E-state index contributed by atoms with van der Waals surface area (Å²) in [6.07, 6.45) is 1.67. The summed E-state index contributed by atoms with van der Waals surface area (Å²) >= 11 is 11.5. The van der Waals surface area contributed by atoms with Crippen molar-refractivity contribution in [2.75, 3.05) is 0 Å². The van der Waals surface area contributed by atoms with E-state index >= 15 is 0 Å². The fourth-order valence-electron chi connectivity index (χ4n) is 1.76. The molecule has 0 amide bonds. The summed E-state index contributed by atoms with van der Waals surface area (Å²) in [6.45, 7) is 0. The Morgan fingerprint density at radius 2 is 1.95 bits per heavy atom. The van der Waals surface area contributed by atoms with Crippen LogP contribution in [0.15, 0.2) is 36.5 Å². The van der Waals surface area contributed by atoms with E-state index in [4.69, 9.17) is 23.2 Å². The molecule has 1 heterocycles. The minimum atomic E-state index is -0.919. The van der Waals surface area contributed by atoms with Crippen LogP contribution in [0.5, 0.6) is 0 Å². The summed E-state index contributed by atoms with van der Waals surface area (Å²) in [5, 5.41) is 9.55. The van der Waals surface area contributed by atoms with Gasteiger partial charge in [-0.05, 0) is 23.6 Å². The number of hydrogen-bond acceptors (Lipinski definition) is 3. The maximum absolute atomic E-state index is 11.4. The first-order valence-corrected chi connectivity index (χ1v) is 6.28. The van der Waals surface area contributed by atoms with Crippen LogP contribution in [-0.4, -0.2) is 21.0 Å². The Hall–Kier alpha value is -1.65. The third-order valence-electron chi connectivity index (χ3n) is 2.71. The van der Waals surface area contributed by atoms with Crippen molar-refractivity contribution in [3.63, 3.8) is 0 Å². The molecule has 2 rings (SSSR count). The fourth-order valence-corrected chi connectivity index (χ4v) is 2.14. The lowest BCUT2D eigenvalue weighted by Crippen LogP contribution is -2.15. The number of carbonyl (C=O) groups is 1. The molecule has 0 aliphatic carbocycles. The molecule has 1 aromatic carbocycles. The van der Waals surface area contributed by atoms with E-state index in [1.54, 1.807) is 24.3 Å². The molecule has 98 valence electrons. The van der Waals surface area contributed by atoms with E-state index < -0.39 is 11.9 Å². The monoisotopic (exact) mass is 296 g/mol. The van der Waals surface area contributed by atoms with Crippen LogP contribution in [0, 0.1) is 0 Å². The summed E-state index contributed by atoms with van der Waals surface area (Å²) in [5.74, 6) is -1.61. The first kappa shape index (κ1) is 13.8. The second-order valence-electron chi connectivity index (χ2n) is 3.96. The van der Waals surface area contributed by atoms with Gasteiger partial charge in [0.15, 0.2) is 0 Å². The van der Waals surface area contributed by atoms with Crippen LogP contribution in [0.3, 0.4) is 0 Å². The minimum absolute atomic E-state index is 0.0420. The molecule has 0 saturated carbocycles. The molecule has 0 bridgehead atoms. The van der Waals surface area contributed by atoms with Crippen LogP contribution in [0.2, 0.25) is 10.4 Å². The molecule has 1 unspecified atom stereocenters. The van der Waals surface area contributed by atoms with E-state index in [1.807, 2.05) is 6.07 Å². The average Bonchev–Trinajstić information content (AvgIpc) is 2.38. The standard InChI is InChI=1S/C13H10Cl2N2O2/c14-11-9(7-16-13(15)17-11)6-10(12(18)19)8-4-2-1-3-5-8/h1-5,7,10H,6H2,(H,18,19). The molecule has 0 saturated heterocycles. The summed E-state index contributed by atoms with van der Waals surface area (Å²) in [6, 6.07) is 8.96. The van der Waals surface area contributed by atoms with Crippen molar-refractivity contribution in [3.05, 3.63) is 58.1 Å². The van der Waals surface area contributed by atoms with Crippen molar-refractivity contribution in [3.8, 4) is 0 Å². The molecule has 0 spiro atoms. The predicted molar refractivity (Wildman–Crippen MR) is 72.6 cm³/mol. The Balaban J connectivity index is 2.29. The molecule has 0 aliphatic rings. The van der Waals surface area contributed by atoms with Crippen molar-refractivity contribution < 1.29 is 9.90 Å². The second kappa shape index (κ2) is 5.99. The molecule has 2 aromatic rings. The number of carboxylic acid groups (broad SMARTS) is 1. The number of hydrogen-bond donors (Lipinski definition) is 1. The van der Waals surface area contributed by atoms with Crippen molar-refractivity contribution in [1.82, 2.24) is 9.97 Å². The van der Waals surface area contributed by atoms with Crippen LogP contribution in [0.1, 0.15) is 17.0 Å². The Morgan fingerprint density at radius 1 is 1.26 bits per heavy atom. The maximum atomic E-state index is 11.4. The van der Waals surface area contributed by atoms with Gasteiger partial charge in [-0.25, -0.2) is 9.97 Å². The minimum Gasteiger partial charge on any atom is -0.481 e. The van der Waals surface area contributed by atoms with Gasteiger partial charge in [-0.15, -0.1) is 0 Å². The van der Waals surface area contributed by atoms with Crippen LogP contribution in [-0.2, 0) is 11.2 Å². The average molecular weight is 297 g/mol. The number of carboxylic acids is 1. The van der Waals surface area contributed by atoms with Gasteiger partial charge in [-0.3, -0.25) is 4.79 Å². The summed E-state index contributed by atoms with van der Waals surface area (Å²) in [5.41, 5.74) is 1.27. The highest BCUT2D eigenvalue weighted by atomic mass is 35.5. The maximum Gasteiger partial charge on any atom is 0.311 e. The summed E-state index contributed by atoms with van der Waals surface area (Å²) in [7, 11) is 0. The third kappa shape index (κ3) is 3.43. The zero-order valence-electron chi connectivity index (χ0n) is 9.75. The topological polar surface area (TPSA) is 63.1 Å². The first-order chi connectivity index (χ1) is 9.08. The van der Waals surface area contributed by atoms with Crippen LogP contribution < -0.4 is 0 Å². The highest BCUT2D eigenvalue weighted by Crippen LogP contribution is 2.24. The largest absolute Gasteiger partial charge is 0.481 e. The fraction of sp³-hybridized carbons (Fsp3) is 0.154. The van der Waals surface area contributed by atoms with Gasteiger partial charge in [-0.1, -0.05) is 41.9 Å². The second-order valence-corrected chi connectivity index (χ2v) is 4.66. The van der Waals surface area contributed by atoms with Gasteiger partial charge >= 0.3 is 5.97 Å². The Bertz CT molecular complexity index is 590. The van der Waals surface area contributed by atoms with Gasteiger partial charge < -0.3 is 5.11 Å². The van der Waals surface area contributed by atoms with Crippen molar-refractivity contribution in [2.24, 2.45) is 0 Å². The first-order valence-electron chi connectivity index (χ1n) is 5.52. The van der Waals surface area contributed by atoms with Crippen LogP contribution in [0.25, 0.3) is 0 Å². The molecule has 1 aromatic heterocycles. The molecule has 1 N–H and O–H groups in total. The Kier molecular flexibility index (Phi) is 4.35. The van der Waals surface area contributed by atoms with E-state index in [1.165, 1.54) is 6.20 Å². The van der Waals surface area contributed by atoms with Gasteiger partial charge in [0.25, 0.3) is 0 Å². The molecule has 19 heavy (non-hydrogen) atoms. The molecular formula is C13H10Cl2N2O2. The molecule has 4 nitrogen and oxygen atoms in total. The van der Waals surface area contributed by atoms with E-state index in [2.05, 4.69) is 9.97 Å². The lowest BCUT2D eigenvalue weighted by molar-refractivity contribution is -0.138.